The highest BCUT2D eigenvalue weighted by atomic mass is 16.6. The fourth-order valence-electron chi connectivity index (χ4n) is 3.93. The SMILES string of the molecule is CCOC(C)n1cc(-c2ncn3nc(NCCCN(CC(C)C)C(=O)OC(C)(C)C)nc3c2OC(C)C)cn1. The van der Waals surface area contributed by atoms with Gasteiger partial charge in [-0.15, -0.1) is 5.10 Å². The summed E-state index contributed by atoms with van der Waals surface area (Å²) in [4.78, 5) is 23.7. The zero-order chi connectivity index (χ0) is 28.7. The van der Waals surface area contributed by atoms with E-state index in [1.165, 1.54) is 0 Å². The molecule has 3 aromatic rings. The molecular formula is C27H44N8O4. The first-order valence-corrected chi connectivity index (χ1v) is 13.7. The van der Waals surface area contributed by atoms with Crippen LogP contribution in [0.15, 0.2) is 18.7 Å². The quantitative estimate of drug-likeness (QED) is 0.295. The molecule has 216 valence electrons. The van der Waals surface area contributed by atoms with Crippen LogP contribution in [0.4, 0.5) is 10.7 Å². The summed E-state index contributed by atoms with van der Waals surface area (Å²) < 4.78 is 20.7. The van der Waals surface area contributed by atoms with Gasteiger partial charge in [0.05, 0.1) is 12.3 Å². The lowest BCUT2D eigenvalue weighted by atomic mass is 10.2. The van der Waals surface area contributed by atoms with Crippen LogP contribution < -0.4 is 10.1 Å². The van der Waals surface area contributed by atoms with Gasteiger partial charge in [-0.1, -0.05) is 13.8 Å². The Morgan fingerprint density at radius 2 is 1.92 bits per heavy atom. The molecular weight excluding hydrogens is 500 g/mol. The molecule has 0 spiro atoms. The van der Waals surface area contributed by atoms with Gasteiger partial charge in [0, 0.05) is 38.0 Å². The van der Waals surface area contributed by atoms with E-state index in [0.29, 0.717) is 61.6 Å². The van der Waals surface area contributed by atoms with Crippen molar-refractivity contribution in [2.75, 3.05) is 31.6 Å². The third-order valence-electron chi connectivity index (χ3n) is 5.48. The van der Waals surface area contributed by atoms with Gasteiger partial charge < -0.3 is 24.4 Å². The van der Waals surface area contributed by atoms with E-state index in [0.717, 1.165) is 5.56 Å². The maximum absolute atomic E-state index is 12.6. The predicted octanol–water partition coefficient (Wildman–Crippen LogP) is 5.03. The molecule has 0 bridgehead atoms. The van der Waals surface area contributed by atoms with Crippen molar-refractivity contribution in [3.05, 3.63) is 18.7 Å². The second-order valence-electron chi connectivity index (χ2n) is 11.2. The minimum absolute atomic E-state index is 0.0953. The molecule has 0 radical (unpaired) electrons. The lowest BCUT2D eigenvalue weighted by Gasteiger charge is -2.28. The summed E-state index contributed by atoms with van der Waals surface area (Å²) in [7, 11) is 0. The van der Waals surface area contributed by atoms with Crippen LogP contribution in [0, 0.1) is 5.92 Å². The number of nitrogens with one attached hydrogen (secondary N) is 1. The molecule has 12 heteroatoms. The topological polar surface area (TPSA) is 121 Å². The van der Waals surface area contributed by atoms with Crippen molar-refractivity contribution in [2.45, 2.75) is 86.7 Å². The molecule has 1 amide bonds. The van der Waals surface area contributed by atoms with Crippen LogP contribution in [0.3, 0.4) is 0 Å². The summed E-state index contributed by atoms with van der Waals surface area (Å²) in [5, 5.41) is 12.2. The first kappa shape index (κ1) is 30.1. The molecule has 1 atom stereocenters. The Hall–Kier alpha value is -3.41. The van der Waals surface area contributed by atoms with Crippen LogP contribution in [0.2, 0.25) is 0 Å². The minimum Gasteiger partial charge on any atom is -0.485 e. The Labute approximate surface area is 231 Å². The van der Waals surface area contributed by atoms with Crippen LogP contribution in [0.25, 0.3) is 16.9 Å². The van der Waals surface area contributed by atoms with Gasteiger partial charge in [-0.2, -0.15) is 14.6 Å². The summed E-state index contributed by atoms with van der Waals surface area (Å²) >= 11 is 0. The van der Waals surface area contributed by atoms with Gasteiger partial charge in [0.15, 0.2) is 5.75 Å². The standard InChI is InChI=1S/C27H44N8O4/c1-10-37-20(6)34-16-21(14-30-34)22-23(38-19(4)5)24-31-25(32-35(24)17-29-22)28-12-11-13-33(15-18(2)3)26(36)39-27(7,8)9/h14,16-20H,10-13,15H2,1-9H3,(H,28,32). The summed E-state index contributed by atoms with van der Waals surface area (Å²) in [6.07, 6.45) is 5.36. The number of amides is 1. The van der Waals surface area contributed by atoms with Gasteiger partial charge in [0.25, 0.3) is 0 Å². The Balaban J connectivity index is 1.74. The number of carbonyl (C=O) groups is 1. The molecule has 1 unspecified atom stereocenters. The average molecular weight is 545 g/mol. The molecule has 12 nitrogen and oxygen atoms in total. The van der Waals surface area contributed by atoms with Crippen LogP contribution in [-0.4, -0.2) is 78.3 Å². The van der Waals surface area contributed by atoms with Crippen molar-refractivity contribution < 1.29 is 19.0 Å². The molecule has 0 aromatic carbocycles. The molecule has 3 heterocycles. The van der Waals surface area contributed by atoms with Crippen molar-refractivity contribution in [1.82, 2.24) is 34.3 Å². The number of nitrogens with zero attached hydrogens (tertiary/aromatic N) is 7. The highest BCUT2D eigenvalue weighted by Gasteiger charge is 2.23. The number of carbonyl (C=O) groups excluding carboxylic acids is 1. The third kappa shape index (κ3) is 8.54. The Kier molecular flexibility index (Phi) is 10.1. The van der Waals surface area contributed by atoms with Gasteiger partial charge >= 0.3 is 6.09 Å². The number of fused-ring (bicyclic) bond motifs is 1. The molecule has 0 aliphatic carbocycles. The Morgan fingerprint density at radius 3 is 2.56 bits per heavy atom. The number of ether oxygens (including phenoxy) is 3. The number of rotatable bonds is 13. The Morgan fingerprint density at radius 1 is 1.18 bits per heavy atom. The van der Waals surface area contributed by atoms with Crippen LogP contribution in [-0.2, 0) is 9.47 Å². The molecule has 0 fully saturated rings. The summed E-state index contributed by atoms with van der Waals surface area (Å²) in [6, 6.07) is 0. The number of hydrogen-bond acceptors (Lipinski definition) is 9. The van der Waals surface area contributed by atoms with E-state index in [-0.39, 0.29) is 18.4 Å². The van der Waals surface area contributed by atoms with Crippen LogP contribution >= 0.6 is 0 Å². The van der Waals surface area contributed by atoms with Gasteiger partial charge in [-0.3, -0.25) is 0 Å². The summed E-state index contributed by atoms with van der Waals surface area (Å²) in [6.45, 7) is 20.0. The number of aromatic nitrogens is 6. The molecule has 0 aliphatic heterocycles. The van der Waals surface area contributed by atoms with E-state index >= 15 is 0 Å². The highest BCUT2D eigenvalue weighted by Crippen LogP contribution is 2.32. The largest absolute Gasteiger partial charge is 0.485 e. The van der Waals surface area contributed by atoms with Gasteiger partial charge in [0.2, 0.25) is 11.6 Å². The van der Waals surface area contributed by atoms with Crippen molar-refractivity contribution in [3.8, 4) is 17.0 Å². The second-order valence-corrected chi connectivity index (χ2v) is 11.2. The van der Waals surface area contributed by atoms with Crippen molar-refractivity contribution >= 4 is 17.7 Å². The third-order valence-corrected chi connectivity index (χ3v) is 5.48. The number of anilines is 1. The van der Waals surface area contributed by atoms with Crippen molar-refractivity contribution in [1.29, 1.82) is 0 Å². The normalized spacial score (nSPS) is 12.8. The predicted molar refractivity (Wildman–Crippen MR) is 150 cm³/mol. The first-order chi connectivity index (χ1) is 18.4. The monoisotopic (exact) mass is 544 g/mol. The fraction of sp³-hybridized carbons (Fsp3) is 0.667. The molecule has 39 heavy (non-hydrogen) atoms. The molecule has 0 saturated carbocycles. The highest BCUT2D eigenvalue weighted by molar-refractivity contribution is 5.74. The van der Waals surface area contributed by atoms with Gasteiger partial charge in [-0.25, -0.2) is 14.5 Å². The Bertz CT molecular complexity index is 1210. The van der Waals surface area contributed by atoms with Crippen LogP contribution in [0.5, 0.6) is 5.75 Å². The second kappa shape index (κ2) is 13.1. The van der Waals surface area contributed by atoms with Crippen molar-refractivity contribution in [2.24, 2.45) is 5.92 Å². The van der Waals surface area contributed by atoms with Crippen molar-refractivity contribution in [3.63, 3.8) is 0 Å². The van der Waals surface area contributed by atoms with Crippen LogP contribution in [0.1, 0.15) is 75.0 Å². The van der Waals surface area contributed by atoms with Gasteiger partial charge in [-0.05, 0) is 60.8 Å². The van der Waals surface area contributed by atoms with E-state index < -0.39 is 5.60 Å². The average Bonchev–Trinajstić information content (AvgIpc) is 3.47. The zero-order valence-electron chi connectivity index (χ0n) is 24.8. The van der Waals surface area contributed by atoms with E-state index in [4.69, 9.17) is 19.2 Å². The summed E-state index contributed by atoms with van der Waals surface area (Å²) in [5.41, 5.74) is 1.45. The smallest absolute Gasteiger partial charge is 0.410 e. The molecule has 3 rings (SSSR count). The zero-order valence-corrected chi connectivity index (χ0v) is 24.8. The lowest BCUT2D eigenvalue weighted by molar-refractivity contribution is 0.0159. The fourth-order valence-corrected chi connectivity index (χ4v) is 3.93. The lowest BCUT2D eigenvalue weighted by Crippen LogP contribution is -2.39. The molecule has 1 N–H and O–H groups in total. The first-order valence-electron chi connectivity index (χ1n) is 13.7. The van der Waals surface area contributed by atoms with E-state index in [1.54, 1.807) is 26.6 Å². The minimum atomic E-state index is -0.534. The molecule has 0 aliphatic rings. The van der Waals surface area contributed by atoms with E-state index in [2.05, 4.69) is 34.3 Å². The van der Waals surface area contributed by atoms with E-state index in [9.17, 15) is 4.79 Å². The van der Waals surface area contributed by atoms with E-state index in [1.807, 2.05) is 54.7 Å². The molecule has 3 aromatic heterocycles. The molecule has 0 saturated heterocycles. The summed E-state index contributed by atoms with van der Waals surface area (Å²) in [5.74, 6) is 1.32. The number of hydrogen-bond donors (Lipinski definition) is 1. The van der Waals surface area contributed by atoms with Gasteiger partial charge in [0.1, 0.15) is 23.9 Å². The maximum atomic E-state index is 12.6. The maximum Gasteiger partial charge on any atom is 0.410 e.